The van der Waals surface area contributed by atoms with Gasteiger partial charge in [0.25, 0.3) is 0 Å². The highest BCUT2D eigenvalue weighted by Crippen LogP contribution is 2.16. The topological polar surface area (TPSA) is 79.3 Å². The van der Waals surface area contributed by atoms with Gasteiger partial charge in [-0.1, -0.05) is 12.1 Å². The Morgan fingerprint density at radius 1 is 1.24 bits per heavy atom. The summed E-state index contributed by atoms with van der Waals surface area (Å²) in [6.45, 7) is -0.217. The zero-order valence-corrected chi connectivity index (χ0v) is 12.0. The molecule has 1 aromatic heterocycles. The van der Waals surface area contributed by atoms with E-state index in [1.54, 1.807) is 18.3 Å². The van der Waals surface area contributed by atoms with Crippen LogP contribution in [0.5, 0.6) is 0 Å². The average Bonchev–Trinajstić information content (AvgIpc) is 2.47. The molecule has 21 heavy (non-hydrogen) atoms. The maximum absolute atomic E-state index is 13.7. The first-order valence-corrected chi connectivity index (χ1v) is 7.80. The Hall–Kier alpha value is -1.83. The van der Waals surface area contributed by atoms with Gasteiger partial charge in [-0.3, -0.25) is 4.98 Å². The van der Waals surface area contributed by atoms with E-state index in [4.69, 9.17) is 5.11 Å². The third-order valence-corrected chi connectivity index (χ3v) is 4.36. The molecule has 0 radical (unpaired) electrons. The fraction of sp³-hybridized carbons (Fsp3) is 0.214. The van der Waals surface area contributed by atoms with Crippen LogP contribution in [0.15, 0.2) is 47.5 Å². The van der Waals surface area contributed by atoms with E-state index < -0.39 is 20.7 Å². The Balaban J connectivity index is 2.05. The molecule has 5 nitrogen and oxygen atoms in total. The summed E-state index contributed by atoms with van der Waals surface area (Å²) in [5.41, 5.74) is 1.07. The van der Waals surface area contributed by atoms with Crippen molar-refractivity contribution in [2.24, 2.45) is 0 Å². The van der Waals surface area contributed by atoms with Crippen molar-refractivity contribution >= 4 is 10.0 Å². The maximum Gasteiger partial charge on any atom is 0.243 e. The summed E-state index contributed by atoms with van der Waals surface area (Å²) in [5, 5.41) is 8.88. The highest BCUT2D eigenvalue weighted by Gasteiger charge is 2.18. The number of aromatic nitrogens is 1. The molecule has 112 valence electrons. The molecule has 0 saturated carbocycles. The van der Waals surface area contributed by atoms with Crippen LogP contribution in [0.25, 0.3) is 0 Å². The van der Waals surface area contributed by atoms with E-state index in [1.807, 2.05) is 6.07 Å². The van der Waals surface area contributed by atoms with Gasteiger partial charge in [-0.15, -0.1) is 0 Å². The van der Waals surface area contributed by atoms with Gasteiger partial charge >= 0.3 is 0 Å². The van der Waals surface area contributed by atoms with Gasteiger partial charge in [0.2, 0.25) is 10.0 Å². The predicted molar refractivity (Wildman–Crippen MR) is 75.5 cm³/mol. The molecule has 0 spiro atoms. The van der Waals surface area contributed by atoms with Gasteiger partial charge in [-0.2, -0.15) is 0 Å². The van der Waals surface area contributed by atoms with Gasteiger partial charge < -0.3 is 5.11 Å². The second kappa shape index (κ2) is 6.75. The van der Waals surface area contributed by atoms with Crippen LogP contribution in [-0.4, -0.2) is 25.1 Å². The molecule has 2 N–H and O–H groups in total. The SMILES string of the molecule is O=S(=O)(NCCc1ccccn1)c1ccc(CO)cc1F. The second-order valence-corrected chi connectivity index (χ2v) is 6.13. The average molecular weight is 310 g/mol. The summed E-state index contributed by atoms with van der Waals surface area (Å²) in [6.07, 6.45) is 2.04. The van der Waals surface area contributed by atoms with Crippen molar-refractivity contribution in [3.05, 3.63) is 59.7 Å². The lowest BCUT2D eigenvalue weighted by Gasteiger charge is -2.08. The van der Waals surface area contributed by atoms with Gasteiger partial charge in [-0.05, 0) is 29.8 Å². The van der Waals surface area contributed by atoms with Crippen LogP contribution >= 0.6 is 0 Å². The smallest absolute Gasteiger partial charge is 0.243 e. The fourth-order valence-corrected chi connectivity index (χ4v) is 2.89. The number of hydrogen-bond acceptors (Lipinski definition) is 4. The van der Waals surface area contributed by atoms with E-state index in [0.29, 0.717) is 12.0 Å². The summed E-state index contributed by atoms with van der Waals surface area (Å²) in [6, 6.07) is 8.88. The third-order valence-electron chi connectivity index (χ3n) is 2.87. The normalized spacial score (nSPS) is 11.5. The molecule has 7 heteroatoms. The lowest BCUT2D eigenvalue weighted by molar-refractivity contribution is 0.281. The zero-order chi connectivity index (χ0) is 15.3. The summed E-state index contributed by atoms with van der Waals surface area (Å²) >= 11 is 0. The molecule has 0 amide bonds. The second-order valence-electron chi connectivity index (χ2n) is 4.39. The molecule has 0 aliphatic carbocycles. The van der Waals surface area contributed by atoms with E-state index >= 15 is 0 Å². The van der Waals surface area contributed by atoms with Crippen LogP contribution in [-0.2, 0) is 23.1 Å². The first-order chi connectivity index (χ1) is 10.0. The van der Waals surface area contributed by atoms with Crippen molar-refractivity contribution in [1.29, 1.82) is 0 Å². The number of sulfonamides is 1. The molecule has 0 bridgehead atoms. The molecule has 0 aliphatic heterocycles. The van der Waals surface area contributed by atoms with Gasteiger partial charge in [0.15, 0.2) is 0 Å². The van der Waals surface area contributed by atoms with Crippen molar-refractivity contribution in [3.8, 4) is 0 Å². The first-order valence-electron chi connectivity index (χ1n) is 6.32. The molecule has 0 aliphatic rings. The number of halogens is 1. The Kier molecular flexibility index (Phi) is 5.00. The Labute approximate surface area is 122 Å². The van der Waals surface area contributed by atoms with Crippen molar-refractivity contribution in [2.75, 3.05) is 6.54 Å². The molecule has 2 aromatic rings. The number of aliphatic hydroxyl groups excluding tert-OH is 1. The molecule has 1 heterocycles. The van der Waals surface area contributed by atoms with Crippen LogP contribution in [0.3, 0.4) is 0 Å². The fourth-order valence-electron chi connectivity index (χ4n) is 1.80. The highest BCUT2D eigenvalue weighted by atomic mass is 32.2. The van der Waals surface area contributed by atoms with Gasteiger partial charge in [0, 0.05) is 24.9 Å². The molecule has 0 fully saturated rings. The van der Waals surface area contributed by atoms with Crippen molar-refractivity contribution in [1.82, 2.24) is 9.71 Å². The van der Waals surface area contributed by atoms with E-state index in [-0.39, 0.29) is 13.2 Å². The van der Waals surface area contributed by atoms with E-state index in [0.717, 1.165) is 17.8 Å². The molecular weight excluding hydrogens is 295 g/mol. The summed E-state index contributed by atoms with van der Waals surface area (Å²) in [7, 11) is -3.92. The van der Waals surface area contributed by atoms with Crippen LogP contribution in [0.2, 0.25) is 0 Å². The predicted octanol–water partition coefficient (Wildman–Crippen LogP) is 1.23. The number of aliphatic hydroxyl groups is 1. The van der Waals surface area contributed by atoms with Crippen molar-refractivity contribution < 1.29 is 17.9 Å². The number of nitrogens with one attached hydrogen (secondary N) is 1. The van der Waals surface area contributed by atoms with E-state index in [9.17, 15) is 12.8 Å². The van der Waals surface area contributed by atoms with Crippen LogP contribution in [0, 0.1) is 5.82 Å². The zero-order valence-electron chi connectivity index (χ0n) is 11.2. The number of rotatable bonds is 6. The molecular formula is C14H15FN2O3S. The quantitative estimate of drug-likeness (QED) is 0.841. The monoisotopic (exact) mass is 310 g/mol. The highest BCUT2D eigenvalue weighted by molar-refractivity contribution is 7.89. The van der Waals surface area contributed by atoms with Crippen LogP contribution in [0.1, 0.15) is 11.3 Å². The first kappa shape index (κ1) is 15.6. The molecule has 2 rings (SSSR count). The molecule has 1 aromatic carbocycles. The summed E-state index contributed by atoms with van der Waals surface area (Å²) < 4.78 is 40.1. The number of pyridine rings is 1. The number of nitrogens with zero attached hydrogens (tertiary/aromatic N) is 1. The molecule has 0 atom stereocenters. The van der Waals surface area contributed by atoms with Gasteiger partial charge in [0.05, 0.1) is 6.61 Å². The summed E-state index contributed by atoms with van der Waals surface area (Å²) in [5.74, 6) is -0.883. The Bertz CT molecular complexity index is 705. The minimum atomic E-state index is -3.92. The minimum absolute atomic E-state index is 0.126. The molecule has 0 saturated heterocycles. The maximum atomic E-state index is 13.7. The lowest BCUT2D eigenvalue weighted by atomic mass is 10.2. The lowest BCUT2D eigenvalue weighted by Crippen LogP contribution is -2.27. The summed E-state index contributed by atoms with van der Waals surface area (Å²) in [4.78, 5) is 3.64. The van der Waals surface area contributed by atoms with Crippen LogP contribution < -0.4 is 4.72 Å². The van der Waals surface area contributed by atoms with Gasteiger partial charge in [0.1, 0.15) is 10.7 Å². The number of hydrogen-bond donors (Lipinski definition) is 2. The minimum Gasteiger partial charge on any atom is -0.392 e. The standard InChI is InChI=1S/C14H15FN2O3S/c15-13-9-11(10-18)4-5-14(13)21(19,20)17-8-6-12-3-1-2-7-16-12/h1-5,7,9,17-18H,6,8,10H2. The largest absolute Gasteiger partial charge is 0.392 e. The number of benzene rings is 1. The van der Waals surface area contributed by atoms with E-state index in [1.165, 1.54) is 6.07 Å². The van der Waals surface area contributed by atoms with Crippen LogP contribution in [0.4, 0.5) is 4.39 Å². The third kappa shape index (κ3) is 4.07. The van der Waals surface area contributed by atoms with Crippen molar-refractivity contribution in [2.45, 2.75) is 17.9 Å². The Morgan fingerprint density at radius 2 is 2.05 bits per heavy atom. The molecule has 0 unspecified atom stereocenters. The Morgan fingerprint density at radius 3 is 2.67 bits per heavy atom. The van der Waals surface area contributed by atoms with Crippen molar-refractivity contribution in [3.63, 3.8) is 0 Å². The van der Waals surface area contributed by atoms with E-state index in [2.05, 4.69) is 9.71 Å². The van der Waals surface area contributed by atoms with Gasteiger partial charge in [-0.25, -0.2) is 17.5 Å².